The first-order valence-electron chi connectivity index (χ1n) is 7.37. The molecule has 20 heavy (non-hydrogen) atoms. The number of aliphatic carboxylic acids is 1. The molecule has 0 bridgehead atoms. The first kappa shape index (κ1) is 17.0. The molecule has 2 N–H and O–H groups in total. The van der Waals surface area contributed by atoms with Crippen molar-refractivity contribution in [2.45, 2.75) is 64.4 Å². The third-order valence-electron chi connectivity index (χ3n) is 4.28. The lowest BCUT2D eigenvalue weighted by Gasteiger charge is -2.29. The van der Waals surface area contributed by atoms with E-state index in [-0.39, 0.29) is 18.9 Å². The van der Waals surface area contributed by atoms with Gasteiger partial charge in [0.25, 0.3) is 0 Å². The van der Waals surface area contributed by atoms with E-state index in [0.29, 0.717) is 12.8 Å². The maximum absolute atomic E-state index is 11.9. The molecule has 0 spiro atoms. The van der Waals surface area contributed by atoms with Gasteiger partial charge in [-0.2, -0.15) is 0 Å². The molecular weight excluding hydrogens is 258 g/mol. The number of hydrogen-bond acceptors (Lipinski definition) is 3. The molecule has 5 heteroatoms. The number of amides is 1. The molecule has 0 radical (unpaired) electrons. The third-order valence-corrected chi connectivity index (χ3v) is 4.28. The Balaban J connectivity index is 2.59. The average Bonchev–Trinajstić information content (AvgIpc) is 2.62. The Morgan fingerprint density at radius 1 is 1.20 bits per heavy atom. The van der Waals surface area contributed by atoms with Gasteiger partial charge in [-0.3, -0.25) is 9.59 Å². The topological polar surface area (TPSA) is 75.6 Å². The number of nitrogens with one attached hydrogen (secondary N) is 1. The summed E-state index contributed by atoms with van der Waals surface area (Å²) in [5.41, 5.74) is -1.31. The zero-order valence-electron chi connectivity index (χ0n) is 12.8. The fraction of sp³-hybridized carbons (Fsp3) is 0.867. The van der Waals surface area contributed by atoms with Crippen LogP contribution in [0, 0.1) is 5.41 Å². The van der Waals surface area contributed by atoms with E-state index in [1.807, 2.05) is 13.8 Å². The number of rotatable bonds is 6. The molecule has 0 aromatic heterocycles. The summed E-state index contributed by atoms with van der Waals surface area (Å²) >= 11 is 0. The molecular formula is C15H27NO4. The molecule has 1 aliphatic carbocycles. The van der Waals surface area contributed by atoms with E-state index in [1.54, 1.807) is 7.11 Å². The van der Waals surface area contributed by atoms with Crippen molar-refractivity contribution in [3.05, 3.63) is 0 Å². The van der Waals surface area contributed by atoms with Crippen LogP contribution in [-0.4, -0.2) is 36.2 Å². The molecule has 0 atom stereocenters. The molecule has 1 aliphatic rings. The molecule has 0 saturated heterocycles. The average molecular weight is 285 g/mol. The standard InChI is InChI=1S/C15H27NO4/c1-14(2,20-3)10-12(17)16-11-15(13(18)19)8-6-4-5-7-9-15/h4-11H2,1-3H3,(H,16,17)(H,18,19). The fourth-order valence-corrected chi connectivity index (χ4v) is 2.66. The van der Waals surface area contributed by atoms with Crippen LogP contribution >= 0.6 is 0 Å². The van der Waals surface area contributed by atoms with Gasteiger partial charge >= 0.3 is 5.97 Å². The lowest BCUT2D eigenvalue weighted by atomic mass is 9.80. The van der Waals surface area contributed by atoms with Gasteiger partial charge in [0.15, 0.2) is 0 Å². The lowest BCUT2D eigenvalue weighted by molar-refractivity contribution is -0.150. The van der Waals surface area contributed by atoms with Gasteiger partial charge in [-0.1, -0.05) is 25.7 Å². The molecule has 116 valence electrons. The third kappa shape index (κ3) is 4.78. The minimum absolute atomic E-state index is 0.151. The second kappa shape index (κ2) is 7.07. The predicted molar refractivity (Wildman–Crippen MR) is 76.5 cm³/mol. The number of carbonyl (C=O) groups is 2. The second-order valence-electron chi connectivity index (χ2n) is 6.42. The van der Waals surface area contributed by atoms with Gasteiger partial charge in [-0.05, 0) is 26.7 Å². The van der Waals surface area contributed by atoms with Gasteiger partial charge in [-0.25, -0.2) is 0 Å². The lowest BCUT2D eigenvalue weighted by Crippen LogP contribution is -2.44. The van der Waals surface area contributed by atoms with Gasteiger partial charge in [0.05, 0.1) is 17.4 Å². The number of carboxylic acid groups (broad SMARTS) is 1. The maximum Gasteiger partial charge on any atom is 0.311 e. The van der Waals surface area contributed by atoms with E-state index in [0.717, 1.165) is 25.7 Å². The van der Waals surface area contributed by atoms with Gasteiger partial charge < -0.3 is 15.2 Å². The van der Waals surface area contributed by atoms with Crippen LogP contribution in [-0.2, 0) is 14.3 Å². The highest BCUT2D eigenvalue weighted by Gasteiger charge is 2.39. The minimum atomic E-state index is -0.788. The molecule has 1 rings (SSSR count). The largest absolute Gasteiger partial charge is 0.481 e. The zero-order chi connectivity index (χ0) is 15.2. The zero-order valence-corrected chi connectivity index (χ0v) is 12.8. The summed E-state index contributed by atoms with van der Waals surface area (Å²) in [6.45, 7) is 3.90. The van der Waals surface area contributed by atoms with Gasteiger partial charge in [0.1, 0.15) is 0 Å². The van der Waals surface area contributed by atoms with Crippen molar-refractivity contribution in [3.63, 3.8) is 0 Å². The van der Waals surface area contributed by atoms with Crippen molar-refractivity contribution >= 4 is 11.9 Å². The van der Waals surface area contributed by atoms with Crippen molar-refractivity contribution in [3.8, 4) is 0 Å². The maximum atomic E-state index is 11.9. The quantitative estimate of drug-likeness (QED) is 0.734. The van der Waals surface area contributed by atoms with E-state index in [4.69, 9.17) is 4.74 Å². The van der Waals surface area contributed by atoms with Crippen LogP contribution in [0.25, 0.3) is 0 Å². The fourth-order valence-electron chi connectivity index (χ4n) is 2.66. The van der Waals surface area contributed by atoms with Crippen LogP contribution < -0.4 is 5.32 Å². The van der Waals surface area contributed by atoms with E-state index in [1.165, 1.54) is 0 Å². The van der Waals surface area contributed by atoms with Crippen LogP contribution in [0.3, 0.4) is 0 Å². The van der Waals surface area contributed by atoms with Crippen LogP contribution in [0.1, 0.15) is 58.8 Å². The van der Waals surface area contributed by atoms with Gasteiger partial charge in [-0.15, -0.1) is 0 Å². The number of carboxylic acids is 1. The first-order valence-corrected chi connectivity index (χ1v) is 7.37. The Morgan fingerprint density at radius 2 is 1.75 bits per heavy atom. The summed E-state index contributed by atoms with van der Waals surface area (Å²) in [5.74, 6) is -0.938. The number of hydrogen-bond donors (Lipinski definition) is 2. The van der Waals surface area contributed by atoms with Crippen LogP contribution in [0.4, 0.5) is 0 Å². The van der Waals surface area contributed by atoms with Crippen molar-refractivity contribution in [2.75, 3.05) is 13.7 Å². The SMILES string of the molecule is COC(C)(C)CC(=O)NCC1(C(=O)O)CCCCCC1. The van der Waals surface area contributed by atoms with Crippen LogP contribution in [0.15, 0.2) is 0 Å². The Bertz CT molecular complexity index is 344. The van der Waals surface area contributed by atoms with Crippen LogP contribution in [0.5, 0.6) is 0 Å². The Labute approximate surface area is 121 Å². The molecule has 1 fully saturated rings. The summed E-state index contributed by atoms with van der Waals surface area (Å²) in [5, 5.41) is 12.3. The summed E-state index contributed by atoms with van der Waals surface area (Å²) < 4.78 is 5.22. The number of ether oxygens (including phenoxy) is 1. The molecule has 5 nitrogen and oxygen atoms in total. The molecule has 0 aliphatic heterocycles. The van der Waals surface area contributed by atoms with Crippen molar-refractivity contribution in [1.29, 1.82) is 0 Å². The van der Waals surface area contributed by atoms with Crippen molar-refractivity contribution in [2.24, 2.45) is 5.41 Å². The molecule has 0 heterocycles. The molecule has 1 amide bonds. The molecule has 0 aromatic rings. The Morgan fingerprint density at radius 3 is 2.20 bits per heavy atom. The van der Waals surface area contributed by atoms with E-state index < -0.39 is 17.0 Å². The van der Waals surface area contributed by atoms with Gasteiger partial charge in [0, 0.05) is 13.7 Å². The highest BCUT2D eigenvalue weighted by atomic mass is 16.5. The van der Waals surface area contributed by atoms with Gasteiger partial charge in [0.2, 0.25) is 5.91 Å². The second-order valence-corrected chi connectivity index (χ2v) is 6.42. The number of methoxy groups -OCH3 is 1. The Hall–Kier alpha value is -1.10. The Kier molecular flexibility index (Phi) is 5.99. The van der Waals surface area contributed by atoms with E-state index >= 15 is 0 Å². The summed E-state index contributed by atoms with van der Waals surface area (Å²) in [7, 11) is 1.57. The predicted octanol–water partition coefficient (Wildman–Crippen LogP) is 2.34. The smallest absolute Gasteiger partial charge is 0.311 e. The molecule has 0 unspecified atom stereocenters. The summed E-state index contributed by atoms with van der Waals surface area (Å²) in [4.78, 5) is 23.5. The monoisotopic (exact) mass is 285 g/mol. The van der Waals surface area contributed by atoms with Crippen molar-refractivity contribution < 1.29 is 19.4 Å². The number of carbonyl (C=O) groups excluding carboxylic acids is 1. The highest BCUT2D eigenvalue weighted by molar-refractivity contribution is 5.79. The van der Waals surface area contributed by atoms with Crippen molar-refractivity contribution in [1.82, 2.24) is 5.32 Å². The summed E-state index contributed by atoms with van der Waals surface area (Å²) in [6, 6.07) is 0. The van der Waals surface area contributed by atoms with Crippen LogP contribution in [0.2, 0.25) is 0 Å². The minimum Gasteiger partial charge on any atom is -0.481 e. The highest BCUT2D eigenvalue weighted by Crippen LogP contribution is 2.34. The first-order chi connectivity index (χ1) is 9.31. The molecule has 0 aromatic carbocycles. The summed E-state index contributed by atoms with van der Waals surface area (Å²) in [6.07, 6.45) is 5.54. The normalized spacial score (nSPS) is 19.1. The van der Waals surface area contributed by atoms with E-state index in [9.17, 15) is 14.7 Å². The van der Waals surface area contributed by atoms with E-state index in [2.05, 4.69) is 5.32 Å². The molecule has 1 saturated carbocycles.